The molecule has 2 aromatic carbocycles. The molecule has 0 saturated heterocycles. The van der Waals surface area contributed by atoms with Crippen molar-refractivity contribution in [1.29, 1.82) is 0 Å². The smallest absolute Gasteiger partial charge is 0.273 e. The van der Waals surface area contributed by atoms with Crippen molar-refractivity contribution in [3.05, 3.63) is 75.4 Å². The second kappa shape index (κ2) is 7.35. The zero-order valence-electron chi connectivity index (χ0n) is 14.6. The van der Waals surface area contributed by atoms with Crippen LogP contribution in [0.4, 0.5) is 0 Å². The van der Waals surface area contributed by atoms with Crippen LogP contribution in [0.1, 0.15) is 27.7 Å². The molecule has 1 amide bonds. The van der Waals surface area contributed by atoms with Crippen LogP contribution >= 0.6 is 23.2 Å². The maximum absolute atomic E-state index is 13.0. The molecule has 4 rings (SSSR count). The molecular weight excluding hydrogens is 385 g/mol. The Bertz CT molecular complexity index is 988. The number of H-pyrrole nitrogens is 1. The average molecular weight is 402 g/mol. The Labute approximate surface area is 166 Å². The molecule has 1 unspecified atom stereocenters. The second-order valence-electron chi connectivity index (χ2n) is 6.29. The number of nitrogens with zero attached hydrogens (tertiary/aromatic N) is 2. The number of hydrogen-bond donors (Lipinski definition) is 1. The summed E-state index contributed by atoms with van der Waals surface area (Å²) in [5.41, 5.74) is 3.80. The monoisotopic (exact) mass is 401 g/mol. The number of nitrogens with one attached hydrogen (secondary N) is 1. The fourth-order valence-electron chi connectivity index (χ4n) is 3.48. The molecule has 0 radical (unpaired) electrons. The first-order chi connectivity index (χ1) is 13.1. The van der Waals surface area contributed by atoms with Gasteiger partial charge in [-0.15, -0.1) is 0 Å². The highest BCUT2D eigenvalue weighted by molar-refractivity contribution is 6.35. The quantitative estimate of drug-likeness (QED) is 0.680. The van der Waals surface area contributed by atoms with Gasteiger partial charge in [0.2, 0.25) is 0 Å². The number of hydrogen-bond acceptors (Lipinski definition) is 3. The summed E-state index contributed by atoms with van der Waals surface area (Å²) < 4.78 is 5.20. The van der Waals surface area contributed by atoms with Crippen molar-refractivity contribution < 1.29 is 9.53 Å². The van der Waals surface area contributed by atoms with Crippen LogP contribution in [0.5, 0.6) is 0 Å². The average Bonchev–Trinajstić information content (AvgIpc) is 3.21. The normalized spacial score (nSPS) is 16.0. The number of carbonyl (C=O) groups is 1. The molecule has 138 valence electrons. The number of rotatable bonds is 5. The van der Waals surface area contributed by atoms with Crippen molar-refractivity contribution in [2.45, 2.75) is 6.04 Å². The van der Waals surface area contributed by atoms with Crippen LogP contribution in [0.3, 0.4) is 0 Å². The molecule has 1 aromatic heterocycles. The van der Waals surface area contributed by atoms with Gasteiger partial charge in [0.25, 0.3) is 5.91 Å². The third-order valence-corrected chi connectivity index (χ3v) is 5.27. The minimum atomic E-state index is -0.360. The Morgan fingerprint density at radius 2 is 1.96 bits per heavy atom. The predicted molar refractivity (Wildman–Crippen MR) is 105 cm³/mol. The zero-order valence-corrected chi connectivity index (χ0v) is 16.1. The Morgan fingerprint density at radius 1 is 1.19 bits per heavy atom. The van der Waals surface area contributed by atoms with E-state index in [2.05, 4.69) is 10.2 Å². The number of aromatic nitrogens is 2. The summed E-state index contributed by atoms with van der Waals surface area (Å²) in [5, 5.41) is 8.40. The number of carbonyl (C=O) groups excluding carboxylic acids is 1. The van der Waals surface area contributed by atoms with E-state index in [0.29, 0.717) is 28.9 Å². The maximum atomic E-state index is 13.0. The first-order valence-electron chi connectivity index (χ1n) is 8.50. The van der Waals surface area contributed by atoms with Crippen molar-refractivity contribution in [3.63, 3.8) is 0 Å². The highest BCUT2D eigenvalue weighted by atomic mass is 35.5. The molecule has 1 atom stereocenters. The van der Waals surface area contributed by atoms with E-state index in [4.69, 9.17) is 27.9 Å². The van der Waals surface area contributed by atoms with Crippen molar-refractivity contribution in [3.8, 4) is 11.3 Å². The van der Waals surface area contributed by atoms with Gasteiger partial charge in [-0.05, 0) is 17.7 Å². The lowest BCUT2D eigenvalue weighted by Crippen LogP contribution is -2.32. The highest BCUT2D eigenvalue weighted by Crippen LogP contribution is 2.44. The van der Waals surface area contributed by atoms with E-state index in [9.17, 15) is 4.79 Å². The number of amides is 1. The van der Waals surface area contributed by atoms with E-state index in [1.54, 1.807) is 24.1 Å². The van der Waals surface area contributed by atoms with Gasteiger partial charge in [0.15, 0.2) is 0 Å². The topological polar surface area (TPSA) is 58.2 Å². The SMILES string of the molecule is COCCN1C(=O)c2[nH]nc(-c3ccccc3)c2C1c1ccc(Cl)cc1Cl. The first-order valence-corrected chi connectivity index (χ1v) is 9.26. The summed E-state index contributed by atoms with van der Waals surface area (Å²) in [5.74, 6) is -0.118. The van der Waals surface area contributed by atoms with Gasteiger partial charge >= 0.3 is 0 Å². The van der Waals surface area contributed by atoms with Gasteiger partial charge in [-0.1, -0.05) is 59.6 Å². The minimum Gasteiger partial charge on any atom is -0.383 e. The maximum Gasteiger partial charge on any atom is 0.273 e. The Morgan fingerprint density at radius 3 is 2.67 bits per heavy atom. The summed E-state index contributed by atoms with van der Waals surface area (Å²) >= 11 is 12.6. The molecule has 0 aliphatic carbocycles. The molecule has 27 heavy (non-hydrogen) atoms. The number of aromatic amines is 1. The third kappa shape index (κ3) is 3.12. The standard InChI is InChI=1S/C20H17Cl2N3O2/c1-27-10-9-25-19(14-8-7-13(21)11-15(14)22)16-17(12-5-3-2-4-6-12)23-24-18(16)20(25)26/h2-8,11,19H,9-10H2,1H3,(H,23,24). The van der Waals surface area contributed by atoms with E-state index < -0.39 is 0 Å². The predicted octanol–water partition coefficient (Wildman–Crippen LogP) is 4.58. The van der Waals surface area contributed by atoms with Crippen LogP contribution in [-0.2, 0) is 4.74 Å². The fraction of sp³-hybridized carbons (Fsp3) is 0.200. The largest absolute Gasteiger partial charge is 0.383 e. The van der Waals surface area contributed by atoms with E-state index in [1.165, 1.54) is 0 Å². The van der Waals surface area contributed by atoms with Crippen LogP contribution in [-0.4, -0.2) is 41.3 Å². The van der Waals surface area contributed by atoms with Gasteiger partial charge in [-0.25, -0.2) is 0 Å². The summed E-state index contributed by atoms with van der Waals surface area (Å²) in [6.07, 6.45) is 0. The molecule has 5 nitrogen and oxygen atoms in total. The Kier molecular flexibility index (Phi) is 4.91. The van der Waals surface area contributed by atoms with Crippen LogP contribution in [0.25, 0.3) is 11.3 Å². The summed E-state index contributed by atoms with van der Waals surface area (Å²) in [6.45, 7) is 0.863. The Balaban J connectivity index is 1.89. The van der Waals surface area contributed by atoms with E-state index in [1.807, 2.05) is 36.4 Å². The van der Waals surface area contributed by atoms with Crippen LogP contribution < -0.4 is 0 Å². The molecule has 1 aliphatic rings. The highest BCUT2D eigenvalue weighted by Gasteiger charge is 2.42. The summed E-state index contributed by atoms with van der Waals surface area (Å²) in [4.78, 5) is 14.8. The van der Waals surface area contributed by atoms with Gasteiger partial charge in [0.05, 0.1) is 18.3 Å². The summed E-state index contributed by atoms with van der Waals surface area (Å²) in [7, 11) is 1.61. The number of ether oxygens (including phenoxy) is 1. The molecule has 0 bridgehead atoms. The van der Waals surface area contributed by atoms with Crippen molar-refractivity contribution in [2.75, 3.05) is 20.3 Å². The van der Waals surface area contributed by atoms with Gasteiger partial charge in [-0.3, -0.25) is 9.89 Å². The fourth-order valence-corrected chi connectivity index (χ4v) is 3.99. The van der Waals surface area contributed by atoms with E-state index in [0.717, 1.165) is 22.4 Å². The lowest BCUT2D eigenvalue weighted by molar-refractivity contribution is 0.0677. The van der Waals surface area contributed by atoms with E-state index in [-0.39, 0.29) is 11.9 Å². The minimum absolute atomic E-state index is 0.118. The number of methoxy groups -OCH3 is 1. The molecule has 2 heterocycles. The summed E-state index contributed by atoms with van der Waals surface area (Å²) in [6, 6.07) is 14.7. The lowest BCUT2D eigenvalue weighted by Gasteiger charge is -2.26. The second-order valence-corrected chi connectivity index (χ2v) is 7.13. The zero-order chi connectivity index (χ0) is 19.0. The van der Waals surface area contributed by atoms with Crippen molar-refractivity contribution >= 4 is 29.1 Å². The van der Waals surface area contributed by atoms with Gasteiger partial charge < -0.3 is 9.64 Å². The molecule has 7 heteroatoms. The van der Waals surface area contributed by atoms with Gasteiger partial charge in [0.1, 0.15) is 5.69 Å². The molecule has 1 N–H and O–H groups in total. The third-order valence-electron chi connectivity index (χ3n) is 4.70. The van der Waals surface area contributed by atoms with Gasteiger partial charge in [-0.2, -0.15) is 5.10 Å². The van der Waals surface area contributed by atoms with Gasteiger partial charge in [0, 0.05) is 34.8 Å². The molecule has 0 fully saturated rings. The Hall–Kier alpha value is -2.34. The molecule has 1 aliphatic heterocycles. The molecule has 0 spiro atoms. The number of halogens is 2. The van der Waals surface area contributed by atoms with E-state index >= 15 is 0 Å². The first kappa shape index (κ1) is 18.0. The van der Waals surface area contributed by atoms with Crippen molar-refractivity contribution in [1.82, 2.24) is 15.1 Å². The molecular formula is C20H17Cl2N3O2. The van der Waals surface area contributed by atoms with Crippen LogP contribution in [0.2, 0.25) is 10.0 Å². The van der Waals surface area contributed by atoms with Crippen LogP contribution in [0.15, 0.2) is 48.5 Å². The number of benzene rings is 2. The van der Waals surface area contributed by atoms with Crippen molar-refractivity contribution in [2.24, 2.45) is 0 Å². The lowest BCUT2D eigenvalue weighted by atomic mass is 9.96. The number of fused-ring (bicyclic) bond motifs is 1. The van der Waals surface area contributed by atoms with Crippen LogP contribution in [0, 0.1) is 0 Å². The molecule has 3 aromatic rings. The molecule has 0 saturated carbocycles.